The van der Waals surface area contributed by atoms with Crippen molar-refractivity contribution in [2.45, 2.75) is 6.92 Å². The van der Waals surface area contributed by atoms with Gasteiger partial charge in [0.2, 0.25) is 5.90 Å². The molecule has 0 spiro atoms. The number of esters is 1. The summed E-state index contributed by atoms with van der Waals surface area (Å²) in [5, 5.41) is 8.82. The van der Waals surface area contributed by atoms with E-state index in [1.807, 2.05) is 0 Å². The van der Waals surface area contributed by atoms with Crippen molar-refractivity contribution in [2.75, 3.05) is 0 Å². The van der Waals surface area contributed by atoms with Crippen molar-refractivity contribution in [3.8, 4) is 0 Å². The number of ether oxygens (including phenoxy) is 1. The van der Waals surface area contributed by atoms with Crippen molar-refractivity contribution >= 4 is 23.2 Å². The molecule has 5 heteroatoms. The monoisotopic (exact) mass is 170 g/mol. The van der Waals surface area contributed by atoms with Gasteiger partial charge in [0.1, 0.15) is 5.69 Å². The molecule has 1 rings (SSSR count). The summed E-state index contributed by atoms with van der Waals surface area (Å²) in [6.45, 7) is 1.25. The second-order valence-corrected chi connectivity index (χ2v) is 2.52. The Labute approximate surface area is 67.3 Å². The zero-order valence-corrected chi connectivity index (χ0v) is 6.64. The number of hydrogen-bond donors (Lipinski definition) is 1. The number of rotatable bonds is 1. The average Bonchev–Trinajstić information content (AvgIpc) is 2.35. The minimum Gasteiger partial charge on any atom is -0.406 e. The summed E-state index contributed by atoms with van der Waals surface area (Å²) in [4.78, 5) is 14.1. The molecule has 0 radical (unpaired) electrons. The number of carbonyl (C=O) groups is 1. The number of carbonyl (C=O) groups excluding carboxylic acids is 1. The summed E-state index contributed by atoms with van der Waals surface area (Å²) in [5.74, 6) is -0.693. The van der Waals surface area contributed by atoms with Gasteiger partial charge in [0, 0.05) is 12.3 Å². The van der Waals surface area contributed by atoms with Gasteiger partial charge in [-0.15, -0.1) is 11.3 Å². The maximum absolute atomic E-state index is 10.4. The maximum Gasteiger partial charge on any atom is 0.309 e. The third-order valence-electron chi connectivity index (χ3n) is 0.911. The van der Waals surface area contributed by atoms with Crippen LogP contribution in [0.25, 0.3) is 0 Å². The zero-order chi connectivity index (χ0) is 8.27. The average molecular weight is 170 g/mol. The van der Waals surface area contributed by atoms with E-state index < -0.39 is 5.97 Å². The van der Waals surface area contributed by atoms with Crippen LogP contribution in [-0.4, -0.2) is 16.9 Å². The summed E-state index contributed by atoms with van der Waals surface area (Å²) in [7, 11) is 0. The molecule has 1 aromatic rings. The zero-order valence-electron chi connectivity index (χ0n) is 5.83. The van der Waals surface area contributed by atoms with Crippen molar-refractivity contribution in [3.63, 3.8) is 0 Å². The van der Waals surface area contributed by atoms with Crippen molar-refractivity contribution < 1.29 is 9.53 Å². The Bertz CT molecular complexity index is 268. The Morgan fingerprint density at radius 1 is 1.82 bits per heavy atom. The molecule has 0 amide bonds. The molecule has 0 saturated heterocycles. The van der Waals surface area contributed by atoms with Crippen LogP contribution in [0.1, 0.15) is 12.6 Å². The number of nitrogens with one attached hydrogen (secondary N) is 1. The smallest absolute Gasteiger partial charge is 0.309 e. The first kappa shape index (κ1) is 7.87. The summed E-state index contributed by atoms with van der Waals surface area (Å²) in [6, 6.07) is 0. The van der Waals surface area contributed by atoms with E-state index in [1.165, 1.54) is 18.3 Å². The molecule has 0 aliphatic heterocycles. The molecule has 0 unspecified atom stereocenters. The Hall–Kier alpha value is -1.23. The van der Waals surface area contributed by atoms with Gasteiger partial charge >= 0.3 is 5.97 Å². The van der Waals surface area contributed by atoms with Crippen molar-refractivity contribution in [1.82, 2.24) is 4.98 Å². The lowest BCUT2D eigenvalue weighted by atomic mass is 10.5. The predicted molar refractivity (Wildman–Crippen MR) is 40.7 cm³/mol. The Morgan fingerprint density at radius 3 is 3.00 bits per heavy atom. The van der Waals surface area contributed by atoms with Gasteiger partial charge in [0.25, 0.3) is 0 Å². The number of aromatic nitrogens is 1. The van der Waals surface area contributed by atoms with E-state index in [4.69, 9.17) is 5.41 Å². The minimum absolute atomic E-state index is 0.196. The van der Waals surface area contributed by atoms with Gasteiger partial charge in [-0.3, -0.25) is 10.2 Å². The van der Waals surface area contributed by atoms with Crippen LogP contribution in [0, 0.1) is 5.41 Å². The van der Waals surface area contributed by atoms with Gasteiger partial charge < -0.3 is 4.74 Å². The van der Waals surface area contributed by atoms with E-state index in [2.05, 4.69) is 9.72 Å². The number of hydrogen-bond acceptors (Lipinski definition) is 5. The lowest BCUT2D eigenvalue weighted by Crippen LogP contribution is -2.09. The second-order valence-electron chi connectivity index (χ2n) is 1.80. The van der Waals surface area contributed by atoms with Crippen LogP contribution < -0.4 is 0 Å². The molecule has 0 atom stereocenters. The fourth-order valence-corrected chi connectivity index (χ4v) is 1.05. The molecule has 1 aromatic heterocycles. The van der Waals surface area contributed by atoms with Crippen LogP contribution in [0.15, 0.2) is 10.9 Å². The minimum atomic E-state index is -0.497. The van der Waals surface area contributed by atoms with Gasteiger partial charge in [-0.05, 0) is 0 Å². The highest BCUT2D eigenvalue weighted by atomic mass is 32.1. The fraction of sp³-hybridized carbons (Fsp3) is 0.167. The quantitative estimate of drug-likeness (QED) is 0.389. The molecule has 1 N–H and O–H groups in total. The molecule has 0 aliphatic carbocycles. The lowest BCUT2D eigenvalue weighted by molar-refractivity contribution is -0.133. The normalized spacial score (nSPS) is 9.18. The molecular weight excluding hydrogens is 164 g/mol. The molecule has 0 fully saturated rings. The van der Waals surface area contributed by atoms with E-state index in [9.17, 15) is 4.79 Å². The van der Waals surface area contributed by atoms with Gasteiger partial charge in [-0.25, -0.2) is 4.98 Å². The third-order valence-corrected chi connectivity index (χ3v) is 1.50. The van der Waals surface area contributed by atoms with Crippen LogP contribution in [0.4, 0.5) is 0 Å². The molecule has 0 aliphatic rings. The topological polar surface area (TPSA) is 63.0 Å². The van der Waals surface area contributed by atoms with Crippen LogP contribution in [0.2, 0.25) is 0 Å². The van der Waals surface area contributed by atoms with E-state index >= 15 is 0 Å². The molecule has 1 heterocycles. The SMILES string of the molecule is CC(=O)OC(=N)c1cscn1. The molecule has 0 bridgehead atoms. The molecule has 0 saturated carbocycles. The summed E-state index contributed by atoms with van der Waals surface area (Å²) >= 11 is 1.35. The number of nitrogens with zero attached hydrogens (tertiary/aromatic N) is 1. The van der Waals surface area contributed by atoms with Crippen LogP contribution in [0.3, 0.4) is 0 Å². The predicted octanol–water partition coefficient (Wildman–Crippen LogP) is 1.03. The number of thiazole rings is 1. The van der Waals surface area contributed by atoms with Gasteiger partial charge in [-0.2, -0.15) is 0 Å². The van der Waals surface area contributed by atoms with Crippen molar-refractivity contribution in [3.05, 3.63) is 16.6 Å². The van der Waals surface area contributed by atoms with Crippen molar-refractivity contribution in [1.29, 1.82) is 5.41 Å². The standard InChI is InChI=1S/C6H6N2O2S/c1-4(9)10-6(7)5-2-11-3-8-5/h2-3,7H,1H3. The van der Waals surface area contributed by atoms with Crippen LogP contribution in [0.5, 0.6) is 0 Å². The van der Waals surface area contributed by atoms with Crippen LogP contribution in [-0.2, 0) is 9.53 Å². The van der Waals surface area contributed by atoms with Crippen LogP contribution >= 0.6 is 11.3 Å². The molecule has 11 heavy (non-hydrogen) atoms. The van der Waals surface area contributed by atoms with Gasteiger partial charge in [0.15, 0.2) is 0 Å². The summed E-state index contributed by atoms with van der Waals surface area (Å²) < 4.78 is 4.48. The first-order valence-corrected chi connectivity index (χ1v) is 3.80. The second kappa shape index (κ2) is 3.25. The van der Waals surface area contributed by atoms with E-state index in [0.717, 1.165) is 0 Å². The fourth-order valence-electron chi connectivity index (χ4n) is 0.521. The van der Waals surface area contributed by atoms with Crippen molar-refractivity contribution in [2.24, 2.45) is 0 Å². The highest BCUT2D eigenvalue weighted by Gasteiger charge is 2.06. The summed E-state index contributed by atoms with van der Waals surface area (Å²) in [5.41, 5.74) is 1.97. The third kappa shape index (κ3) is 2.12. The summed E-state index contributed by atoms with van der Waals surface area (Å²) in [6.07, 6.45) is 0. The highest BCUT2D eigenvalue weighted by molar-refractivity contribution is 7.07. The lowest BCUT2D eigenvalue weighted by Gasteiger charge is -1.97. The van der Waals surface area contributed by atoms with E-state index in [-0.39, 0.29) is 5.90 Å². The largest absolute Gasteiger partial charge is 0.406 e. The van der Waals surface area contributed by atoms with E-state index in [1.54, 1.807) is 10.9 Å². The molecule has 58 valence electrons. The first-order valence-electron chi connectivity index (χ1n) is 2.85. The highest BCUT2D eigenvalue weighted by Crippen LogP contribution is 2.02. The van der Waals surface area contributed by atoms with Gasteiger partial charge in [0.05, 0.1) is 5.51 Å². The Balaban J connectivity index is 2.64. The van der Waals surface area contributed by atoms with E-state index in [0.29, 0.717) is 5.69 Å². The van der Waals surface area contributed by atoms with Gasteiger partial charge in [-0.1, -0.05) is 0 Å². The first-order chi connectivity index (χ1) is 5.20. The maximum atomic E-state index is 10.4. The Kier molecular flexibility index (Phi) is 2.32. The molecule has 4 nitrogen and oxygen atoms in total. The molecule has 0 aromatic carbocycles. The molecular formula is C6H6N2O2S. The Morgan fingerprint density at radius 2 is 2.55 bits per heavy atom.